The zero-order valence-electron chi connectivity index (χ0n) is 15.1. The molecule has 24 heavy (non-hydrogen) atoms. The predicted octanol–water partition coefficient (Wildman–Crippen LogP) is 3.18. The topological polar surface area (TPSA) is 57.7 Å². The van der Waals surface area contributed by atoms with Gasteiger partial charge < -0.3 is 4.90 Å². The first-order chi connectivity index (χ1) is 11.4. The lowest BCUT2D eigenvalue weighted by Crippen LogP contribution is -2.35. The zero-order valence-corrected chi connectivity index (χ0v) is 15.9. The van der Waals surface area contributed by atoms with E-state index in [9.17, 15) is 13.2 Å². The average Bonchev–Trinajstić information content (AvgIpc) is 2.88. The zero-order chi connectivity index (χ0) is 17.9. The summed E-state index contributed by atoms with van der Waals surface area (Å²) >= 11 is 0. The van der Waals surface area contributed by atoms with Crippen LogP contribution in [-0.2, 0) is 21.2 Å². The molecular weight excluding hydrogens is 324 g/mol. The first-order valence-corrected chi connectivity index (χ1v) is 10.3. The van der Waals surface area contributed by atoms with Gasteiger partial charge in [0.25, 0.3) is 0 Å². The molecule has 2 rings (SSSR count). The fourth-order valence-corrected chi connectivity index (χ4v) is 4.99. The minimum absolute atomic E-state index is 0.0767. The Kier molecular flexibility index (Phi) is 6.04. The summed E-state index contributed by atoms with van der Waals surface area (Å²) in [5.74, 6) is 0.0791. The highest BCUT2D eigenvalue weighted by molar-refractivity contribution is 7.89. The molecule has 0 aromatic heterocycles. The summed E-state index contributed by atoms with van der Waals surface area (Å²) in [5.41, 5.74) is 1.80. The number of hydrogen-bond acceptors (Lipinski definition) is 3. The van der Waals surface area contributed by atoms with Crippen molar-refractivity contribution in [3.05, 3.63) is 23.8 Å². The Balaban J connectivity index is 2.38. The molecule has 6 heteroatoms. The highest BCUT2D eigenvalue weighted by atomic mass is 32.2. The molecule has 1 heterocycles. The van der Waals surface area contributed by atoms with Crippen molar-refractivity contribution < 1.29 is 13.2 Å². The minimum atomic E-state index is -3.48. The van der Waals surface area contributed by atoms with Crippen LogP contribution in [0.4, 0.5) is 5.69 Å². The van der Waals surface area contributed by atoms with Crippen LogP contribution in [0.2, 0.25) is 0 Å². The lowest BCUT2D eigenvalue weighted by molar-refractivity contribution is -0.118. The number of anilines is 1. The van der Waals surface area contributed by atoms with E-state index in [0.717, 1.165) is 24.1 Å². The molecule has 0 fully saturated rings. The van der Waals surface area contributed by atoms with E-state index in [0.29, 0.717) is 30.8 Å². The quantitative estimate of drug-likeness (QED) is 0.757. The second-order valence-corrected chi connectivity index (χ2v) is 8.30. The van der Waals surface area contributed by atoms with Crippen molar-refractivity contribution in [2.24, 2.45) is 0 Å². The third-order valence-corrected chi connectivity index (χ3v) is 6.32. The van der Waals surface area contributed by atoms with Crippen LogP contribution in [0.1, 0.15) is 52.5 Å². The van der Waals surface area contributed by atoms with Crippen LogP contribution in [-0.4, -0.2) is 37.8 Å². The second kappa shape index (κ2) is 7.66. The van der Waals surface area contributed by atoms with Gasteiger partial charge in [-0.3, -0.25) is 4.79 Å². The monoisotopic (exact) mass is 352 g/mol. The van der Waals surface area contributed by atoms with Crippen LogP contribution >= 0.6 is 0 Å². The number of carbonyl (C=O) groups excluding carboxylic acids is 1. The third-order valence-electron chi connectivity index (χ3n) is 4.42. The van der Waals surface area contributed by atoms with Gasteiger partial charge in [0.15, 0.2) is 0 Å². The Morgan fingerprint density at radius 3 is 2.38 bits per heavy atom. The molecule has 1 aromatic rings. The third kappa shape index (κ3) is 3.49. The van der Waals surface area contributed by atoms with Crippen LogP contribution in [0, 0.1) is 0 Å². The summed E-state index contributed by atoms with van der Waals surface area (Å²) in [7, 11) is -3.48. The average molecular weight is 353 g/mol. The molecule has 0 N–H and O–H groups in total. The molecule has 1 unspecified atom stereocenters. The van der Waals surface area contributed by atoms with Gasteiger partial charge in [0, 0.05) is 31.2 Å². The molecule has 0 radical (unpaired) electrons. The van der Waals surface area contributed by atoms with Crippen LogP contribution in [0.5, 0.6) is 0 Å². The van der Waals surface area contributed by atoms with Gasteiger partial charge in [0.05, 0.1) is 4.90 Å². The second-order valence-electron chi connectivity index (χ2n) is 6.37. The maximum absolute atomic E-state index is 12.9. The van der Waals surface area contributed by atoms with Crippen molar-refractivity contribution in [1.29, 1.82) is 0 Å². The first-order valence-electron chi connectivity index (χ1n) is 8.81. The molecule has 0 spiro atoms. The predicted molar refractivity (Wildman–Crippen MR) is 96.7 cm³/mol. The van der Waals surface area contributed by atoms with Gasteiger partial charge in [-0.15, -0.1) is 0 Å². The number of amides is 1. The normalized spacial score (nSPS) is 17.4. The van der Waals surface area contributed by atoms with Crippen LogP contribution in [0.25, 0.3) is 0 Å². The maximum atomic E-state index is 12.9. The lowest BCUT2D eigenvalue weighted by atomic mass is 10.1. The Morgan fingerprint density at radius 2 is 1.83 bits per heavy atom. The molecular formula is C18H28N2O3S. The number of fused-ring (bicyclic) bond motifs is 1. The van der Waals surface area contributed by atoms with Crippen molar-refractivity contribution in [3.63, 3.8) is 0 Å². The number of nitrogens with zero attached hydrogens (tertiary/aromatic N) is 2. The minimum Gasteiger partial charge on any atom is -0.309 e. The molecule has 1 atom stereocenters. The van der Waals surface area contributed by atoms with Crippen LogP contribution in [0.15, 0.2) is 23.1 Å². The highest BCUT2D eigenvalue weighted by Gasteiger charge is 2.32. The fourth-order valence-electron chi connectivity index (χ4n) is 3.32. The summed E-state index contributed by atoms with van der Waals surface area (Å²) in [4.78, 5) is 14.3. The molecule has 1 amide bonds. The van der Waals surface area contributed by atoms with E-state index in [2.05, 4.69) is 0 Å². The number of hydrogen-bond donors (Lipinski definition) is 0. The van der Waals surface area contributed by atoms with Crippen LogP contribution in [0.3, 0.4) is 0 Å². The van der Waals surface area contributed by atoms with E-state index < -0.39 is 10.0 Å². The van der Waals surface area contributed by atoms with E-state index in [1.807, 2.05) is 27.7 Å². The molecule has 0 aliphatic carbocycles. The Bertz CT molecular complexity index is 694. The van der Waals surface area contributed by atoms with E-state index >= 15 is 0 Å². The summed E-state index contributed by atoms with van der Waals surface area (Å²) in [6, 6.07) is 5.26. The Morgan fingerprint density at radius 1 is 1.21 bits per heavy atom. The summed E-state index contributed by atoms with van der Waals surface area (Å²) in [6.45, 7) is 8.88. The van der Waals surface area contributed by atoms with Gasteiger partial charge in [-0.25, -0.2) is 8.42 Å². The molecule has 0 bridgehead atoms. The van der Waals surface area contributed by atoms with E-state index in [4.69, 9.17) is 0 Å². The molecule has 1 aliphatic heterocycles. The molecule has 1 aromatic carbocycles. The lowest BCUT2D eigenvalue weighted by Gasteiger charge is -2.23. The summed E-state index contributed by atoms with van der Waals surface area (Å²) < 4.78 is 27.4. The largest absolute Gasteiger partial charge is 0.309 e. The number of sulfonamides is 1. The van der Waals surface area contributed by atoms with Gasteiger partial charge in [-0.1, -0.05) is 20.8 Å². The smallest absolute Gasteiger partial charge is 0.243 e. The van der Waals surface area contributed by atoms with Gasteiger partial charge in [-0.2, -0.15) is 4.31 Å². The van der Waals surface area contributed by atoms with Crippen LogP contribution < -0.4 is 4.90 Å². The van der Waals surface area contributed by atoms with E-state index in [1.54, 1.807) is 27.4 Å². The first kappa shape index (κ1) is 18.9. The molecule has 5 nitrogen and oxygen atoms in total. The van der Waals surface area contributed by atoms with Crippen molar-refractivity contribution >= 4 is 21.6 Å². The molecule has 134 valence electrons. The summed E-state index contributed by atoms with van der Waals surface area (Å²) in [6.07, 6.45) is 2.73. The van der Waals surface area contributed by atoms with Gasteiger partial charge in [-0.05, 0) is 49.9 Å². The Labute approximate surface area is 145 Å². The SMILES string of the molecule is CCCN(CCC)S(=O)(=O)c1ccc2c(c1)CC(C)N2C(=O)CC. The standard InChI is InChI=1S/C18H28N2O3S/c1-5-10-19(11-6-2)24(22,23)16-8-9-17-15(13-16)12-14(4)20(17)18(21)7-3/h8-9,13-14H,5-7,10-12H2,1-4H3. The number of carbonyl (C=O) groups is 1. The molecule has 0 saturated carbocycles. The van der Waals surface area contributed by atoms with E-state index in [-0.39, 0.29) is 11.9 Å². The van der Waals surface area contributed by atoms with Gasteiger partial charge >= 0.3 is 0 Å². The maximum Gasteiger partial charge on any atom is 0.243 e. The van der Waals surface area contributed by atoms with Crippen molar-refractivity contribution in [3.8, 4) is 0 Å². The highest BCUT2D eigenvalue weighted by Crippen LogP contribution is 2.34. The van der Waals surface area contributed by atoms with Crippen molar-refractivity contribution in [2.45, 2.75) is 64.3 Å². The Hall–Kier alpha value is -1.40. The van der Waals surface area contributed by atoms with Gasteiger partial charge in [0.1, 0.15) is 0 Å². The number of benzene rings is 1. The molecule has 1 aliphatic rings. The summed E-state index contributed by atoms with van der Waals surface area (Å²) in [5, 5.41) is 0. The van der Waals surface area contributed by atoms with E-state index in [1.165, 1.54) is 0 Å². The number of rotatable bonds is 7. The van der Waals surface area contributed by atoms with Crippen molar-refractivity contribution in [2.75, 3.05) is 18.0 Å². The van der Waals surface area contributed by atoms with Crippen molar-refractivity contribution in [1.82, 2.24) is 4.31 Å². The fraction of sp³-hybridized carbons (Fsp3) is 0.611. The molecule has 0 saturated heterocycles. The van der Waals surface area contributed by atoms with Gasteiger partial charge in [0.2, 0.25) is 15.9 Å².